The van der Waals surface area contributed by atoms with Crippen molar-refractivity contribution in [3.05, 3.63) is 76.3 Å². The minimum absolute atomic E-state index is 0.172. The number of carbonyl (C=O) groups excluding carboxylic acids is 1. The highest BCUT2D eigenvalue weighted by atomic mass is 16.7. The smallest absolute Gasteiger partial charge is 0.437 e. The third-order valence-electron chi connectivity index (χ3n) is 5.30. The molecule has 0 unspecified atom stereocenters. The molecule has 4 rings (SSSR count). The lowest BCUT2D eigenvalue weighted by atomic mass is 10.0. The first-order chi connectivity index (χ1) is 16.6. The molecule has 0 aliphatic rings. The number of tetrazole rings is 1. The molecule has 0 fully saturated rings. The quantitative estimate of drug-likeness (QED) is 0.395. The van der Waals surface area contributed by atoms with E-state index in [2.05, 4.69) is 37.3 Å². The van der Waals surface area contributed by atoms with Gasteiger partial charge in [-0.3, -0.25) is 9.78 Å². The molecule has 0 radical (unpaired) electrons. The van der Waals surface area contributed by atoms with Crippen LogP contribution in [0.5, 0.6) is 5.75 Å². The normalized spacial score (nSPS) is 10.8. The molecule has 0 saturated carbocycles. The molecule has 10 heteroatoms. The Morgan fingerprint density at radius 1 is 1.12 bits per heavy atom. The number of nitrogens with zero attached hydrogens (tertiary/aromatic N) is 5. The molecule has 0 amide bonds. The predicted molar refractivity (Wildman–Crippen MR) is 124 cm³/mol. The number of aryl methyl sites for hydroxylation is 1. The van der Waals surface area contributed by atoms with Crippen LogP contribution in [0.1, 0.15) is 31.0 Å². The van der Waals surface area contributed by atoms with Gasteiger partial charge in [0.1, 0.15) is 5.75 Å². The van der Waals surface area contributed by atoms with E-state index in [0.717, 1.165) is 40.9 Å². The highest BCUT2D eigenvalue weighted by Crippen LogP contribution is 2.28. The van der Waals surface area contributed by atoms with Crippen molar-refractivity contribution >= 4 is 6.16 Å². The Morgan fingerprint density at radius 3 is 2.62 bits per heavy atom. The van der Waals surface area contributed by atoms with E-state index in [9.17, 15) is 9.59 Å². The van der Waals surface area contributed by atoms with Gasteiger partial charge in [-0.25, -0.2) is 4.79 Å². The van der Waals surface area contributed by atoms with E-state index in [1.165, 1.54) is 13.2 Å². The molecule has 1 aromatic carbocycles. The Kier molecular flexibility index (Phi) is 7.07. The average molecular weight is 460 g/mol. The average Bonchev–Trinajstić information content (AvgIpc) is 3.40. The highest BCUT2D eigenvalue weighted by Gasteiger charge is 2.14. The fourth-order valence-electron chi connectivity index (χ4n) is 3.60. The molecule has 0 aliphatic carbocycles. The van der Waals surface area contributed by atoms with Crippen LogP contribution in [0.25, 0.3) is 22.6 Å². The lowest BCUT2D eigenvalue weighted by Crippen LogP contribution is -2.24. The second kappa shape index (κ2) is 10.5. The van der Waals surface area contributed by atoms with Crippen LogP contribution in [0.4, 0.5) is 4.79 Å². The van der Waals surface area contributed by atoms with Crippen molar-refractivity contribution in [3.63, 3.8) is 0 Å². The molecule has 1 N–H and O–H groups in total. The van der Waals surface area contributed by atoms with Crippen LogP contribution in [0.3, 0.4) is 0 Å². The number of benzene rings is 1. The number of H-pyrrole nitrogens is 1. The third kappa shape index (κ3) is 5.17. The van der Waals surface area contributed by atoms with Gasteiger partial charge < -0.3 is 14.0 Å². The molecule has 10 nitrogen and oxygen atoms in total. The van der Waals surface area contributed by atoms with Crippen LogP contribution in [-0.2, 0) is 17.7 Å². The van der Waals surface area contributed by atoms with Crippen molar-refractivity contribution in [2.75, 3.05) is 7.11 Å². The molecule has 3 heterocycles. The van der Waals surface area contributed by atoms with E-state index >= 15 is 0 Å². The summed E-state index contributed by atoms with van der Waals surface area (Å²) in [5.41, 5.74) is 3.82. The first-order valence-electron chi connectivity index (χ1n) is 10.9. The maximum absolute atomic E-state index is 12.9. The van der Waals surface area contributed by atoms with Gasteiger partial charge in [-0.15, -0.1) is 10.2 Å². The maximum atomic E-state index is 12.9. The van der Waals surface area contributed by atoms with Crippen molar-refractivity contribution in [3.8, 4) is 28.4 Å². The van der Waals surface area contributed by atoms with Gasteiger partial charge >= 0.3 is 6.16 Å². The van der Waals surface area contributed by atoms with E-state index in [4.69, 9.17) is 4.74 Å². The monoisotopic (exact) mass is 460 g/mol. The lowest BCUT2D eigenvalue weighted by molar-refractivity contribution is 0.121. The summed E-state index contributed by atoms with van der Waals surface area (Å²) < 4.78 is 11.3. The highest BCUT2D eigenvalue weighted by molar-refractivity contribution is 5.78. The number of carbonyl (C=O) groups is 1. The number of nitrogens with one attached hydrogen (secondary N) is 1. The first-order valence-corrected chi connectivity index (χ1v) is 10.9. The lowest BCUT2D eigenvalue weighted by Gasteiger charge is -2.15. The van der Waals surface area contributed by atoms with E-state index < -0.39 is 6.16 Å². The molecule has 0 saturated heterocycles. The number of hydrogen-bond acceptors (Lipinski definition) is 8. The van der Waals surface area contributed by atoms with Crippen molar-refractivity contribution in [2.24, 2.45) is 0 Å². The number of rotatable bonds is 8. The summed E-state index contributed by atoms with van der Waals surface area (Å²) >= 11 is 0. The van der Waals surface area contributed by atoms with Crippen molar-refractivity contribution in [2.45, 2.75) is 32.7 Å². The fourth-order valence-corrected chi connectivity index (χ4v) is 3.60. The van der Waals surface area contributed by atoms with Gasteiger partial charge in [0, 0.05) is 35.2 Å². The molecule has 0 spiro atoms. The fraction of sp³-hybridized carbons (Fsp3) is 0.250. The van der Waals surface area contributed by atoms with Gasteiger partial charge in [-0.2, -0.15) is 5.21 Å². The summed E-state index contributed by atoms with van der Waals surface area (Å²) in [6.45, 7) is 2.42. The topological polar surface area (TPSA) is 125 Å². The Morgan fingerprint density at radius 2 is 1.94 bits per heavy atom. The number of ether oxygens (including phenoxy) is 2. The number of aromatic amines is 1. The molecule has 3 aromatic heterocycles. The Labute approximate surface area is 195 Å². The van der Waals surface area contributed by atoms with Crippen LogP contribution in [0, 0.1) is 0 Å². The largest absolute Gasteiger partial charge is 0.513 e. The van der Waals surface area contributed by atoms with E-state index in [1.54, 1.807) is 16.8 Å². The number of pyridine rings is 2. The van der Waals surface area contributed by atoms with Crippen LogP contribution in [0.15, 0.2) is 59.5 Å². The van der Waals surface area contributed by atoms with Gasteiger partial charge in [-0.05, 0) is 29.7 Å². The van der Waals surface area contributed by atoms with E-state index in [1.807, 2.05) is 36.4 Å². The standard InChI is InChI=1S/C24H24N6O4/c1-3-4-7-17-12-18(34-24(32)33-2)13-22(31)30(17)15-16-10-11-21(25-14-16)19-8-5-6-9-20(19)23-26-28-29-27-23/h5-6,8-14H,3-4,7,15H2,1-2H3,(H,26,27,28,29). The van der Waals surface area contributed by atoms with Crippen molar-refractivity contribution in [1.29, 1.82) is 0 Å². The first kappa shape index (κ1) is 22.8. The maximum Gasteiger partial charge on any atom is 0.513 e. The Balaban J connectivity index is 1.62. The Hall–Kier alpha value is -4.34. The predicted octanol–water partition coefficient (Wildman–Crippen LogP) is 3.63. The zero-order chi connectivity index (χ0) is 23.9. The molecular weight excluding hydrogens is 436 g/mol. The summed E-state index contributed by atoms with van der Waals surface area (Å²) in [5, 5.41) is 14.2. The second-order valence-electron chi connectivity index (χ2n) is 7.60. The second-order valence-corrected chi connectivity index (χ2v) is 7.60. The third-order valence-corrected chi connectivity index (χ3v) is 5.30. The molecular formula is C24H24N6O4. The van der Waals surface area contributed by atoms with Gasteiger partial charge in [0.25, 0.3) is 5.56 Å². The van der Waals surface area contributed by atoms with Crippen LogP contribution < -0.4 is 10.3 Å². The van der Waals surface area contributed by atoms with Gasteiger partial charge in [0.15, 0.2) is 0 Å². The minimum Gasteiger partial charge on any atom is -0.437 e. The molecule has 4 aromatic rings. The molecule has 0 bridgehead atoms. The minimum atomic E-state index is -0.862. The number of hydrogen-bond donors (Lipinski definition) is 1. The molecule has 34 heavy (non-hydrogen) atoms. The molecule has 0 aliphatic heterocycles. The summed E-state index contributed by atoms with van der Waals surface area (Å²) in [7, 11) is 1.22. The zero-order valence-corrected chi connectivity index (χ0v) is 18.9. The van der Waals surface area contributed by atoms with Gasteiger partial charge in [-0.1, -0.05) is 43.7 Å². The van der Waals surface area contributed by atoms with Crippen LogP contribution in [-0.4, -0.2) is 43.4 Å². The Bertz CT molecular complexity index is 1320. The van der Waals surface area contributed by atoms with Gasteiger partial charge in [0.2, 0.25) is 5.82 Å². The number of unbranched alkanes of at least 4 members (excludes halogenated alkanes) is 1. The van der Waals surface area contributed by atoms with Crippen LogP contribution in [0.2, 0.25) is 0 Å². The zero-order valence-electron chi connectivity index (χ0n) is 18.9. The summed E-state index contributed by atoms with van der Waals surface area (Å²) in [6, 6.07) is 14.5. The van der Waals surface area contributed by atoms with Gasteiger partial charge in [0.05, 0.1) is 19.3 Å². The van der Waals surface area contributed by atoms with Crippen LogP contribution >= 0.6 is 0 Å². The molecule has 174 valence electrons. The number of aromatic nitrogens is 6. The van der Waals surface area contributed by atoms with Crippen molar-refractivity contribution in [1.82, 2.24) is 30.2 Å². The van der Waals surface area contributed by atoms with E-state index in [-0.39, 0.29) is 11.3 Å². The SMILES string of the molecule is CCCCc1cc(OC(=O)OC)cc(=O)n1Cc1ccc(-c2ccccc2-c2nn[nH]n2)nc1. The summed E-state index contributed by atoms with van der Waals surface area (Å²) in [5.74, 6) is 0.661. The molecule has 0 atom stereocenters. The van der Waals surface area contributed by atoms with E-state index in [0.29, 0.717) is 18.8 Å². The summed E-state index contributed by atoms with van der Waals surface area (Å²) in [6.07, 6.45) is 3.42. The number of methoxy groups -OCH3 is 1. The van der Waals surface area contributed by atoms with Crippen molar-refractivity contribution < 1.29 is 14.3 Å². The summed E-state index contributed by atoms with van der Waals surface area (Å²) in [4.78, 5) is 28.9.